The van der Waals surface area contributed by atoms with Crippen LogP contribution in [0.15, 0.2) is 11.6 Å². The molecule has 2 N–H and O–H groups in total. The SMILES string of the molecule is CCCCCCCNC(=O)[C@@H]1CCCN1C(=O)/C(C)=C/[C@H](C(C)C)N(C)C(=O)[C@@H](NC(=O)C1CCCCN1C(C)C)C(C)(C)C. The monoisotopic (exact) mass is 632 g/mol. The Balaban J connectivity index is 2.16. The lowest BCUT2D eigenvalue weighted by Crippen LogP contribution is -2.60. The van der Waals surface area contributed by atoms with Crippen molar-refractivity contribution in [2.75, 3.05) is 26.7 Å². The first-order chi connectivity index (χ1) is 21.1. The van der Waals surface area contributed by atoms with Crippen molar-refractivity contribution in [2.45, 2.75) is 157 Å². The number of unbranched alkanes of at least 4 members (excludes halogenated alkanes) is 4. The first-order valence-corrected chi connectivity index (χ1v) is 17.7. The molecular formula is C36H65N5O4. The first-order valence-electron chi connectivity index (χ1n) is 17.7. The normalized spacial score (nSPS) is 21.2. The molecule has 2 saturated heterocycles. The van der Waals surface area contributed by atoms with Crippen LogP contribution in [0.3, 0.4) is 0 Å². The summed E-state index contributed by atoms with van der Waals surface area (Å²) in [5.41, 5.74) is 0.0133. The van der Waals surface area contributed by atoms with Crippen LogP contribution in [0.2, 0.25) is 0 Å². The highest BCUT2D eigenvalue weighted by atomic mass is 16.2. The fourth-order valence-electron chi connectivity index (χ4n) is 6.74. The summed E-state index contributed by atoms with van der Waals surface area (Å²) in [6.45, 7) is 20.3. The summed E-state index contributed by atoms with van der Waals surface area (Å²) in [5.74, 6) is -0.468. The van der Waals surface area contributed by atoms with Crippen molar-refractivity contribution in [2.24, 2.45) is 11.3 Å². The van der Waals surface area contributed by atoms with E-state index in [4.69, 9.17) is 0 Å². The zero-order valence-electron chi connectivity index (χ0n) is 30.2. The topological polar surface area (TPSA) is 102 Å². The average molecular weight is 632 g/mol. The van der Waals surface area contributed by atoms with Gasteiger partial charge >= 0.3 is 0 Å². The van der Waals surface area contributed by atoms with Gasteiger partial charge in [-0.1, -0.05) is 79.7 Å². The number of hydrogen-bond acceptors (Lipinski definition) is 5. The lowest BCUT2D eigenvalue weighted by Gasteiger charge is -2.41. The highest BCUT2D eigenvalue weighted by Gasteiger charge is 2.40. The summed E-state index contributed by atoms with van der Waals surface area (Å²) in [7, 11) is 1.76. The molecule has 0 aliphatic carbocycles. The van der Waals surface area contributed by atoms with Gasteiger partial charge in [-0.3, -0.25) is 24.1 Å². The Labute approximate surface area is 274 Å². The lowest BCUT2D eigenvalue weighted by molar-refractivity contribution is -0.142. The van der Waals surface area contributed by atoms with Crippen LogP contribution in [-0.2, 0) is 19.2 Å². The van der Waals surface area contributed by atoms with E-state index in [1.807, 2.05) is 40.7 Å². The molecule has 2 aliphatic heterocycles. The Morgan fingerprint density at radius 3 is 2.13 bits per heavy atom. The van der Waals surface area contributed by atoms with E-state index in [-0.39, 0.29) is 47.7 Å². The van der Waals surface area contributed by atoms with Crippen LogP contribution in [0.4, 0.5) is 0 Å². The third-order valence-corrected chi connectivity index (χ3v) is 9.54. The number of hydrogen-bond donors (Lipinski definition) is 2. The Kier molecular flexibility index (Phi) is 15.6. The second-order valence-electron chi connectivity index (χ2n) is 15.0. The Morgan fingerprint density at radius 1 is 0.889 bits per heavy atom. The van der Waals surface area contributed by atoms with E-state index >= 15 is 0 Å². The van der Waals surface area contributed by atoms with Gasteiger partial charge in [-0.05, 0) is 70.8 Å². The van der Waals surface area contributed by atoms with Crippen LogP contribution in [-0.4, -0.2) is 95.2 Å². The van der Waals surface area contributed by atoms with Gasteiger partial charge in [0.05, 0.1) is 12.1 Å². The number of carbonyl (C=O) groups is 4. The van der Waals surface area contributed by atoms with Crippen LogP contribution in [0.5, 0.6) is 0 Å². The van der Waals surface area contributed by atoms with Gasteiger partial charge < -0.3 is 20.4 Å². The highest BCUT2D eigenvalue weighted by Crippen LogP contribution is 2.27. The zero-order chi connectivity index (χ0) is 33.9. The smallest absolute Gasteiger partial charge is 0.249 e. The number of nitrogens with zero attached hydrogens (tertiary/aromatic N) is 3. The van der Waals surface area contributed by atoms with Crippen LogP contribution in [0.1, 0.15) is 127 Å². The largest absolute Gasteiger partial charge is 0.354 e. The van der Waals surface area contributed by atoms with Gasteiger partial charge in [-0.25, -0.2) is 0 Å². The van der Waals surface area contributed by atoms with E-state index in [9.17, 15) is 19.2 Å². The maximum Gasteiger partial charge on any atom is 0.249 e. The van der Waals surface area contributed by atoms with E-state index in [2.05, 4.69) is 36.3 Å². The predicted molar refractivity (Wildman–Crippen MR) is 183 cm³/mol. The summed E-state index contributed by atoms with van der Waals surface area (Å²) in [4.78, 5) is 60.0. The second kappa shape index (κ2) is 18.1. The fourth-order valence-corrected chi connectivity index (χ4v) is 6.74. The molecule has 45 heavy (non-hydrogen) atoms. The Hall–Kier alpha value is -2.42. The molecule has 0 saturated carbocycles. The van der Waals surface area contributed by atoms with Gasteiger partial charge in [0.25, 0.3) is 0 Å². The minimum Gasteiger partial charge on any atom is -0.354 e. The summed E-state index contributed by atoms with van der Waals surface area (Å²) < 4.78 is 0. The van der Waals surface area contributed by atoms with E-state index < -0.39 is 17.5 Å². The number of carbonyl (C=O) groups excluding carboxylic acids is 4. The molecule has 2 aliphatic rings. The number of likely N-dealkylation sites (N-methyl/N-ethyl adjacent to an activating group) is 1. The maximum atomic E-state index is 14.1. The molecule has 0 radical (unpaired) electrons. The minimum absolute atomic E-state index is 0.0261. The summed E-state index contributed by atoms with van der Waals surface area (Å²) in [6.07, 6.45) is 11.8. The number of rotatable bonds is 15. The van der Waals surface area contributed by atoms with Crippen molar-refractivity contribution in [3.63, 3.8) is 0 Å². The van der Waals surface area contributed by atoms with Gasteiger partial charge in [-0.2, -0.15) is 0 Å². The Bertz CT molecular complexity index is 1020. The quantitative estimate of drug-likeness (QED) is 0.189. The Morgan fingerprint density at radius 2 is 1.53 bits per heavy atom. The molecule has 0 bridgehead atoms. The molecule has 0 spiro atoms. The average Bonchev–Trinajstić information content (AvgIpc) is 3.48. The molecule has 2 fully saturated rings. The van der Waals surface area contributed by atoms with Crippen molar-refractivity contribution in [3.8, 4) is 0 Å². The molecular weight excluding hydrogens is 566 g/mol. The molecule has 0 aromatic heterocycles. The lowest BCUT2D eigenvalue weighted by atomic mass is 9.84. The fraction of sp³-hybridized carbons (Fsp3) is 0.833. The number of likely N-dealkylation sites (tertiary alicyclic amines) is 2. The van der Waals surface area contributed by atoms with Crippen LogP contribution in [0.25, 0.3) is 0 Å². The molecule has 9 heteroatoms. The van der Waals surface area contributed by atoms with Crippen molar-refractivity contribution in [3.05, 3.63) is 11.6 Å². The predicted octanol–water partition coefficient (Wildman–Crippen LogP) is 5.29. The van der Waals surface area contributed by atoms with Gasteiger partial charge in [0.2, 0.25) is 23.6 Å². The minimum atomic E-state index is -0.717. The van der Waals surface area contributed by atoms with Gasteiger partial charge in [0.1, 0.15) is 12.1 Å². The molecule has 4 atom stereocenters. The molecule has 9 nitrogen and oxygen atoms in total. The van der Waals surface area contributed by atoms with Crippen LogP contribution in [0, 0.1) is 11.3 Å². The van der Waals surface area contributed by atoms with E-state index in [0.29, 0.717) is 25.1 Å². The van der Waals surface area contributed by atoms with E-state index in [1.165, 1.54) is 19.3 Å². The molecule has 2 heterocycles. The maximum absolute atomic E-state index is 14.1. The van der Waals surface area contributed by atoms with Crippen LogP contribution < -0.4 is 10.6 Å². The molecule has 1 unspecified atom stereocenters. The number of piperidine rings is 1. The molecule has 2 rings (SSSR count). The van der Waals surface area contributed by atoms with E-state index in [1.54, 1.807) is 23.8 Å². The zero-order valence-corrected chi connectivity index (χ0v) is 30.2. The van der Waals surface area contributed by atoms with Crippen LogP contribution >= 0.6 is 0 Å². The number of amides is 4. The summed E-state index contributed by atoms with van der Waals surface area (Å²) >= 11 is 0. The summed E-state index contributed by atoms with van der Waals surface area (Å²) in [5, 5.41) is 6.19. The third-order valence-electron chi connectivity index (χ3n) is 9.54. The second-order valence-corrected chi connectivity index (χ2v) is 15.0. The van der Waals surface area contributed by atoms with Gasteiger partial charge in [0, 0.05) is 31.8 Å². The van der Waals surface area contributed by atoms with Crippen molar-refractivity contribution in [1.29, 1.82) is 0 Å². The molecule has 0 aromatic carbocycles. The van der Waals surface area contributed by atoms with E-state index in [0.717, 1.165) is 45.1 Å². The number of nitrogens with one attached hydrogen (secondary N) is 2. The molecule has 0 aromatic rings. The van der Waals surface area contributed by atoms with Gasteiger partial charge in [0.15, 0.2) is 0 Å². The van der Waals surface area contributed by atoms with Crippen molar-refractivity contribution < 1.29 is 19.2 Å². The highest BCUT2D eigenvalue weighted by molar-refractivity contribution is 5.97. The van der Waals surface area contributed by atoms with Crippen molar-refractivity contribution >= 4 is 23.6 Å². The standard InChI is InChI=1S/C36H65N5O4/c1-11-12-13-14-16-21-37-32(42)28-20-18-23-41(28)34(44)27(6)24-30(25(2)3)39(10)35(45)31(36(7,8)9)38-33(43)29-19-15-17-22-40(29)26(4)5/h24-26,28-31H,11-23H2,1-10H3,(H,37,42)(H,38,43)/b27-24+/t28-,29?,30+,31+/m0/s1. The van der Waals surface area contributed by atoms with Crippen molar-refractivity contribution in [1.82, 2.24) is 25.3 Å². The summed E-state index contributed by atoms with van der Waals surface area (Å²) in [6, 6.07) is -1.53. The molecule has 258 valence electrons. The van der Waals surface area contributed by atoms with Gasteiger partial charge in [-0.15, -0.1) is 0 Å². The third kappa shape index (κ3) is 11.1. The molecule has 4 amide bonds. The first kappa shape index (κ1) is 38.8.